The SMILES string of the molecule is COc1cccc(NC(=O)CSc2nnc(CNC(=O)c3ccc(Cl)cc3)n2-c2ccccc2)c1. The first-order chi connectivity index (χ1) is 17.0. The van der Waals surface area contributed by atoms with E-state index in [9.17, 15) is 9.59 Å². The summed E-state index contributed by atoms with van der Waals surface area (Å²) in [4.78, 5) is 25.1. The zero-order chi connectivity index (χ0) is 24.6. The van der Waals surface area contributed by atoms with Crippen LogP contribution in [-0.4, -0.2) is 39.4 Å². The van der Waals surface area contributed by atoms with Crippen molar-refractivity contribution >= 4 is 40.9 Å². The number of anilines is 1. The van der Waals surface area contributed by atoms with Gasteiger partial charge in [0.25, 0.3) is 5.91 Å². The van der Waals surface area contributed by atoms with E-state index in [4.69, 9.17) is 16.3 Å². The molecular formula is C25H22ClN5O3S. The summed E-state index contributed by atoms with van der Waals surface area (Å²) in [5.41, 5.74) is 1.96. The van der Waals surface area contributed by atoms with Gasteiger partial charge in [0.1, 0.15) is 5.75 Å². The summed E-state index contributed by atoms with van der Waals surface area (Å²) >= 11 is 7.15. The molecule has 10 heteroatoms. The van der Waals surface area contributed by atoms with Gasteiger partial charge in [0.05, 0.1) is 19.4 Å². The molecule has 4 rings (SSSR count). The van der Waals surface area contributed by atoms with E-state index in [0.29, 0.717) is 33.0 Å². The number of rotatable bonds is 9. The van der Waals surface area contributed by atoms with Crippen LogP contribution in [0.4, 0.5) is 5.69 Å². The molecule has 1 heterocycles. The second-order valence-corrected chi connectivity index (χ2v) is 8.71. The topological polar surface area (TPSA) is 98.1 Å². The van der Waals surface area contributed by atoms with Crippen LogP contribution in [0.1, 0.15) is 16.2 Å². The average molecular weight is 508 g/mol. The molecular weight excluding hydrogens is 486 g/mol. The van der Waals surface area contributed by atoms with Crippen LogP contribution in [0.15, 0.2) is 84.0 Å². The van der Waals surface area contributed by atoms with Crippen LogP contribution in [0.2, 0.25) is 5.02 Å². The minimum absolute atomic E-state index is 0.124. The Morgan fingerprint density at radius 1 is 1.00 bits per heavy atom. The molecule has 2 amide bonds. The van der Waals surface area contributed by atoms with Gasteiger partial charge in [-0.05, 0) is 48.5 Å². The number of aromatic nitrogens is 3. The number of halogens is 1. The summed E-state index contributed by atoms with van der Waals surface area (Å²) in [7, 11) is 1.57. The summed E-state index contributed by atoms with van der Waals surface area (Å²) in [5, 5.41) is 15.3. The number of benzene rings is 3. The van der Waals surface area contributed by atoms with E-state index in [2.05, 4.69) is 20.8 Å². The number of hydrogen-bond acceptors (Lipinski definition) is 6. The lowest BCUT2D eigenvalue weighted by molar-refractivity contribution is -0.113. The normalized spacial score (nSPS) is 10.6. The molecule has 0 aliphatic heterocycles. The van der Waals surface area contributed by atoms with Crippen molar-refractivity contribution in [3.05, 3.63) is 95.3 Å². The Labute approximate surface area is 211 Å². The van der Waals surface area contributed by atoms with Gasteiger partial charge in [-0.1, -0.05) is 47.6 Å². The maximum atomic E-state index is 12.5. The fourth-order valence-corrected chi connectivity index (χ4v) is 4.13. The Morgan fingerprint density at radius 2 is 1.77 bits per heavy atom. The van der Waals surface area contributed by atoms with E-state index in [1.54, 1.807) is 55.6 Å². The predicted molar refractivity (Wildman–Crippen MR) is 136 cm³/mol. The van der Waals surface area contributed by atoms with E-state index >= 15 is 0 Å². The van der Waals surface area contributed by atoms with Crippen LogP contribution in [0, 0.1) is 0 Å². The molecule has 0 unspecified atom stereocenters. The zero-order valence-electron chi connectivity index (χ0n) is 18.8. The molecule has 2 N–H and O–H groups in total. The van der Waals surface area contributed by atoms with Crippen molar-refractivity contribution < 1.29 is 14.3 Å². The third-order valence-corrected chi connectivity index (χ3v) is 6.10. The van der Waals surface area contributed by atoms with Crippen molar-refractivity contribution in [3.8, 4) is 11.4 Å². The quantitative estimate of drug-likeness (QED) is 0.321. The molecule has 35 heavy (non-hydrogen) atoms. The number of hydrogen-bond donors (Lipinski definition) is 2. The lowest BCUT2D eigenvalue weighted by atomic mass is 10.2. The number of carbonyl (C=O) groups excluding carboxylic acids is 2. The summed E-state index contributed by atoms with van der Waals surface area (Å²) in [6.45, 7) is 0.153. The van der Waals surface area contributed by atoms with Crippen molar-refractivity contribution in [3.63, 3.8) is 0 Å². The van der Waals surface area contributed by atoms with Crippen LogP contribution >= 0.6 is 23.4 Å². The van der Waals surface area contributed by atoms with E-state index in [0.717, 1.165) is 5.69 Å². The number of carbonyl (C=O) groups is 2. The van der Waals surface area contributed by atoms with Crippen molar-refractivity contribution in [2.24, 2.45) is 0 Å². The highest BCUT2D eigenvalue weighted by molar-refractivity contribution is 7.99. The monoisotopic (exact) mass is 507 g/mol. The molecule has 0 atom stereocenters. The minimum Gasteiger partial charge on any atom is -0.497 e. The highest BCUT2D eigenvalue weighted by Gasteiger charge is 2.17. The maximum Gasteiger partial charge on any atom is 0.251 e. The molecule has 0 aliphatic rings. The molecule has 0 bridgehead atoms. The van der Waals surface area contributed by atoms with Crippen molar-refractivity contribution in [1.29, 1.82) is 0 Å². The molecule has 0 radical (unpaired) electrons. The number of methoxy groups -OCH3 is 1. The van der Waals surface area contributed by atoms with Crippen LogP contribution in [0.5, 0.6) is 5.75 Å². The molecule has 0 saturated carbocycles. The fourth-order valence-electron chi connectivity index (χ4n) is 3.24. The van der Waals surface area contributed by atoms with Gasteiger partial charge in [-0.2, -0.15) is 0 Å². The highest BCUT2D eigenvalue weighted by Crippen LogP contribution is 2.23. The van der Waals surface area contributed by atoms with E-state index in [1.165, 1.54) is 11.8 Å². The Balaban J connectivity index is 1.46. The lowest BCUT2D eigenvalue weighted by Crippen LogP contribution is -2.24. The van der Waals surface area contributed by atoms with E-state index in [1.807, 2.05) is 34.9 Å². The Kier molecular flexibility index (Phi) is 8.02. The number of ether oxygens (including phenoxy) is 1. The summed E-state index contributed by atoms with van der Waals surface area (Å²) < 4.78 is 7.02. The Morgan fingerprint density at radius 3 is 2.51 bits per heavy atom. The van der Waals surface area contributed by atoms with Gasteiger partial charge in [-0.25, -0.2) is 0 Å². The fraction of sp³-hybridized carbons (Fsp3) is 0.120. The van der Waals surface area contributed by atoms with Gasteiger partial charge in [0, 0.05) is 28.0 Å². The molecule has 0 saturated heterocycles. The number of thioether (sulfide) groups is 1. The van der Waals surface area contributed by atoms with Crippen LogP contribution in [0.3, 0.4) is 0 Å². The summed E-state index contributed by atoms with van der Waals surface area (Å²) in [5.74, 6) is 0.873. The van der Waals surface area contributed by atoms with Crippen LogP contribution < -0.4 is 15.4 Å². The molecule has 178 valence electrons. The smallest absolute Gasteiger partial charge is 0.251 e. The largest absolute Gasteiger partial charge is 0.497 e. The summed E-state index contributed by atoms with van der Waals surface area (Å²) in [6.07, 6.45) is 0. The number of amides is 2. The first-order valence-corrected chi connectivity index (χ1v) is 12.0. The first kappa shape index (κ1) is 24.3. The van der Waals surface area contributed by atoms with Gasteiger partial charge in [0.15, 0.2) is 11.0 Å². The highest BCUT2D eigenvalue weighted by atomic mass is 35.5. The van der Waals surface area contributed by atoms with Gasteiger partial charge in [0.2, 0.25) is 5.91 Å². The second-order valence-electron chi connectivity index (χ2n) is 7.33. The number of nitrogens with one attached hydrogen (secondary N) is 2. The molecule has 8 nitrogen and oxygen atoms in total. The zero-order valence-corrected chi connectivity index (χ0v) is 20.3. The molecule has 0 aliphatic carbocycles. The molecule has 0 fully saturated rings. The lowest BCUT2D eigenvalue weighted by Gasteiger charge is -2.11. The van der Waals surface area contributed by atoms with Gasteiger partial charge >= 0.3 is 0 Å². The first-order valence-electron chi connectivity index (χ1n) is 10.6. The minimum atomic E-state index is -0.254. The third-order valence-electron chi connectivity index (χ3n) is 4.91. The Hall–Kier alpha value is -3.82. The van der Waals surface area contributed by atoms with Crippen molar-refractivity contribution in [1.82, 2.24) is 20.1 Å². The second kappa shape index (κ2) is 11.5. The van der Waals surface area contributed by atoms with Crippen LogP contribution in [-0.2, 0) is 11.3 Å². The van der Waals surface area contributed by atoms with Gasteiger partial charge in [-0.3, -0.25) is 14.2 Å². The van der Waals surface area contributed by atoms with E-state index in [-0.39, 0.29) is 24.1 Å². The Bertz CT molecular complexity index is 1310. The molecule has 4 aromatic rings. The van der Waals surface area contributed by atoms with Gasteiger partial charge in [-0.15, -0.1) is 10.2 Å². The standard InChI is InChI=1S/C25H22ClN5O3S/c1-34-21-9-5-6-19(14-21)28-23(32)16-35-25-30-29-22(31(25)20-7-3-2-4-8-20)15-27-24(33)17-10-12-18(26)13-11-17/h2-14H,15-16H2,1H3,(H,27,33)(H,28,32). The number of para-hydroxylation sites is 1. The number of nitrogens with zero attached hydrogens (tertiary/aromatic N) is 3. The van der Waals surface area contributed by atoms with Crippen molar-refractivity contribution in [2.75, 3.05) is 18.2 Å². The van der Waals surface area contributed by atoms with Crippen LogP contribution in [0.25, 0.3) is 5.69 Å². The van der Waals surface area contributed by atoms with Gasteiger partial charge < -0.3 is 15.4 Å². The van der Waals surface area contributed by atoms with Crippen molar-refractivity contribution in [2.45, 2.75) is 11.7 Å². The maximum absolute atomic E-state index is 12.5. The third kappa shape index (κ3) is 6.40. The summed E-state index contributed by atoms with van der Waals surface area (Å²) in [6, 6.07) is 23.3. The average Bonchev–Trinajstić information content (AvgIpc) is 3.30. The molecule has 1 aromatic heterocycles. The molecule has 0 spiro atoms. The predicted octanol–water partition coefficient (Wildman–Crippen LogP) is 4.59. The van der Waals surface area contributed by atoms with E-state index < -0.39 is 0 Å². The molecule has 3 aromatic carbocycles.